The molecule has 22 heavy (non-hydrogen) atoms. The first-order chi connectivity index (χ1) is 10.3. The van der Waals surface area contributed by atoms with Crippen molar-refractivity contribution in [2.24, 2.45) is 0 Å². The summed E-state index contributed by atoms with van der Waals surface area (Å²) in [5.74, 6) is 0.235. The van der Waals surface area contributed by atoms with Crippen LogP contribution in [0, 0.1) is 0 Å². The Morgan fingerprint density at radius 1 is 1.23 bits per heavy atom. The van der Waals surface area contributed by atoms with Crippen LogP contribution in [0.1, 0.15) is 24.2 Å². The molecule has 0 bridgehead atoms. The number of ketones is 1. The molecule has 8 heteroatoms. The zero-order valence-electron chi connectivity index (χ0n) is 12.8. The second kappa shape index (κ2) is 8.50. The van der Waals surface area contributed by atoms with Gasteiger partial charge in [0.1, 0.15) is 4.32 Å². The van der Waals surface area contributed by atoms with Crippen molar-refractivity contribution >= 4 is 49.8 Å². The van der Waals surface area contributed by atoms with Crippen molar-refractivity contribution in [1.29, 1.82) is 0 Å². The summed E-state index contributed by atoms with van der Waals surface area (Å²) in [6, 6.07) is 6.36. The molecule has 0 saturated carbocycles. The van der Waals surface area contributed by atoms with Gasteiger partial charge in [0.25, 0.3) is 0 Å². The SMILES string of the molecule is CCN(CC)C(=S)SCC(=O)c1ccc(NS(C)(=O)=O)cc1. The molecule has 0 aliphatic rings. The van der Waals surface area contributed by atoms with Gasteiger partial charge in [-0.05, 0) is 38.1 Å². The van der Waals surface area contributed by atoms with Crippen LogP contribution in [0.2, 0.25) is 0 Å². The molecular weight excluding hydrogens is 340 g/mol. The number of thioether (sulfide) groups is 1. The third-order valence-corrected chi connectivity index (χ3v) is 4.99. The maximum absolute atomic E-state index is 12.1. The lowest BCUT2D eigenvalue weighted by Gasteiger charge is -2.20. The number of benzene rings is 1. The summed E-state index contributed by atoms with van der Waals surface area (Å²) in [7, 11) is -3.31. The van der Waals surface area contributed by atoms with Gasteiger partial charge in [-0.3, -0.25) is 9.52 Å². The van der Waals surface area contributed by atoms with Gasteiger partial charge in [0.2, 0.25) is 10.0 Å². The molecule has 1 rings (SSSR count). The summed E-state index contributed by atoms with van der Waals surface area (Å²) in [4.78, 5) is 14.1. The molecule has 1 N–H and O–H groups in total. The van der Waals surface area contributed by atoms with Crippen molar-refractivity contribution in [2.45, 2.75) is 13.8 Å². The Labute approximate surface area is 141 Å². The van der Waals surface area contributed by atoms with Crippen LogP contribution in [0.15, 0.2) is 24.3 Å². The lowest BCUT2D eigenvalue weighted by molar-refractivity contribution is 0.102. The highest BCUT2D eigenvalue weighted by Gasteiger charge is 2.11. The Morgan fingerprint density at radius 2 is 1.77 bits per heavy atom. The van der Waals surface area contributed by atoms with Crippen molar-refractivity contribution in [3.8, 4) is 0 Å². The van der Waals surface area contributed by atoms with E-state index in [0.29, 0.717) is 15.6 Å². The van der Waals surface area contributed by atoms with E-state index < -0.39 is 10.0 Å². The third kappa shape index (κ3) is 6.33. The number of anilines is 1. The average molecular weight is 361 g/mol. The third-order valence-electron chi connectivity index (χ3n) is 2.86. The number of hydrogen-bond donors (Lipinski definition) is 1. The number of carbonyl (C=O) groups excluding carboxylic acids is 1. The fourth-order valence-corrected chi connectivity index (χ4v) is 3.58. The molecule has 0 fully saturated rings. The summed E-state index contributed by atoms with van der Waals surface area (Å²) in [5.41, 5.74) is 0.972. The first-order valence-corrected chi connectivity index (χ1v) is 10.1. The molecule has 0 radical (unpaired) electrons. The normalized spacial score (nSPS) is 11.0. The molecule has 5 nitrogen and oxygen atoms in total. The van der Waals surface area contributed by atoms with Crippen LogP contribution in [0.5, 0.6) is 0 Å². The minimum atomic E-state index is -3.31. The number of carbonyl (C=O) groups is 1. The Balaban J connectivity index is 2.61. The molecule has 1 aromatic rings. The van der Waals surface area contributed by atoms with E-state index in [4.69, 9.17) is 12.2 Å². The molecule has 0 aliphatic heterocycles. The van der Waals surface area contributed by atoms with E-state index in [1.807, 2.05) is 18.7 Å². The van der Waals surface area contributed by atoms with Gasteiger partial charge in [0, 0.05) is 24.3 Å². The van der Waals surface area contributed by atoms with Crippen LogP contribution in [-0.2, 0) is 10.0 Å². The number of sulfonamides is 1. The fraction of sp³-hybridized carbons (Fsp3) is 0.429. The summed E-state index contributed by atoms with van der Waals surface area (Å²) in [5, 5.41) is 0. The number of hydrogen-bond acceptors (Lipinski definition) is 5. The molecular formula is C14H20N2O3S3. The number of nitrogens with zero attached hydrogens (tertiary/aromatic N) is 1. The highest BCUT2D eigenvalue weighted by molar-refractivity contribution is 8.23. The van der Waals surface area contributed by atoms with Crippen LogP contribution in [0.25, 0.3) is 0 Å². The lowest BCUT2D eigenvalue weighted by atomic mass is 10.1. The van der Waals surface area contributed by atoms with Crippen LogP contribution in [-0.4, -0.2) is 48.5 Å². The maximum Gasteiger partial charge on any atom is 0.229 e. The van der Waals surface area contributed by atoms with Gasteiger partial charge in [-0.1, -0.05) is 24.0 Å². The predicted octanol–water partition coefficient (Wildman–Crippen LogP) is 2.60. The number of nitrogens with one attached hydrogen (secondary N) is 1. The summed E-state index contributed by atoms with van der Waals surface area (Å²) >= 11 is 6.63. The second-order valence-electron chi connectivity index (χ2n) is 4.60. The van der Waals surface area contributed by atoms with E-state index in [0.717, 1.165) is 19.3 Å². The van der Waals surface area contributed by atoms with E-state index in [-0.39, 0.29) is 11.5 Å². The Kier molecular flexibility index (Phi) is 7.31. The van der Waals surface area contributed by atoms with Crippen LogP contribution < -0.4 is 4.72 Å². The number of Topliss-reactive ketones (excluding diaryl/α,β-unsaturated/α-hetero) is 1. The van der Waals surface area contributed by atoms with Gasteiger partial charge < -0.3 is 4.90 Å². The molecule has 0 spiro atoms. The van der Waals surface area contributed by atoms with Crippen molar-refractivity contribution in [1.82, 2.24) is 4.90 Å². The zero-order valence-corrected chi connectivity index (χ0v) is 15.3. The predicted molar refractivity (Wildman–Crippen MR) is 97.2 cm³/mol. The van der Waals surface area contributed by atoms with Gasteiger partial charge in [-0.15, -0.1) is 0 Å². The summed E-state index contributed by atoms with van der Waals surface area (Å²) < 4.78 is 25.3. The van der Waals surface area contributed by atoms with Crippen molar-refractivity contribution in [3.05, 3.63) is 29.8 Å². The van der Waals surface area contributed by atoms with E-state index >= 15 is 0 Å². The van der Waals surface area contributed by atoms with Crippen molar-refractivity contribution in [3.63, 3.8) is 0 Å². The zero-order chi connectivity index (χ0) is 16.8. The molecule has 1 aromatic carbocycles. The molecule has 0 saturated heterocycles. The van der Waals surface area contributed by atoms with E-state index in [9.17, 15) is 13.2 Å². The van der Waals surface area contributed by atoms with Crippen LogP contribution in [0.3, 0.4) is 0 Å². The van der Waals surface area contributed by atoms with Gasteiger partial charge >= 0.3 is 0 Å². The number of rotatable bonds is 7. The highest BCUT2D eigenvalue weighted by atomic mass is 32.2. The molecule has 0 amide bonds. The van der Waals surface area contributed by atoms with Gasteiger partial charge in [-0.25, -0.2) is 8.42 Å². The topological polar surface area (TPSA) is 66.5 Å². The molecule has 0 unspecified atom stereocenters. The molecule has 0 aliphatic carbocycles. The van der Waals surface area contributed by atoms with Gasteiger partial charge in [0.05, 0.1) is 12.0 Å². The van der Waals surface area contributed by atoms with Gasteiger partial charge in [0.15, 0.2) is 5.78 Å². The molecule has 0 aromatic heterocycles. The molecule has 122 valence electrons. The van der Waals surface area contributed by atoms with E-state index in [1.54, 1.807) is 24.3 Å². The second-order valence-corrected chi connectivity index (χ2v) is 7.96. The minimum Gasteiger partial charge on any atom is -0.358 e. The first kappa shape index (κ1) is 18.9. The Hall–Kier alpha value is -1.12. The largest absolute Gasteiger partial charge is 0.358 e. The standard InChI is InChI=1S/C14H20N2O3S3/c1-4-16(5-2)14(20)21-10-13(17)11-6-8-12(9-7-11)15-22(3,18)19/h6-9,15H,4-5,10H2,1-3H3. The average Bonchev–Trinajstić information content (AvgIpc) is 2.45. The van der Waals surface area contributed by atoms with Crippen LogP contribution >= 0.6 is 24.0 Å². The number of thiocarbonyl (C=S) groups is 1. The summed E-state index contributed by atoms with van der Waals surface area (Å²) in [6.45, 7) is 5.68. The first-order valence-electron chi connectivity index (χ1n) is 6.79. The van der Waals surface area contributed by atoms with Crippen molar-refractivity contribution < 1.29 is 13.2 Å². The minimum absolute atomic E-state index is 0.0367. The Bertz CT molecular complexity index is 623. The fourth-order valence-electron chi connectivity index (χ4n) is 1.72. The maximum atomic E-state index is 12.1. The van der Waals surface area contributed by atoms with Crippen molar-refractivity contribution in [2.75, 3.05) is 29.8 Å². The summed E-state index contributed by atoms with van der Waals surface area (Å²) in [6.07, 6.45) is 1.08. The van der Waals surface area contributed by atoms with Gasteiger partial charge in [-0.2, -0.15) is 0 Å². The Morgan fingerprint density at radius 3 is 2.23 bits per heavy atom. The highest BCUT2D eigenvalue weighted by Crippen LogP contribution is 2.15. The molecule has 0 heterocycles. The monoisotopic (exact) mass is 360 g/mol. The smallest absolute Gasteiger partial charge is 0.229 e. The molecule has 0 atom stereocenters. The lowest BCUT2D eigenvalue weighted by Crippen LogP contribution is -2.27. The van der Waals surface area contributed by atoms with E-state index in [1.165, 1.54) is 11.8 Å². The van der Waals surface area contributed by atoms with E-state index in [2.05, 4.69) is 4.72 Å². The van der Waals surface area contributed by atoms with Crippen LogP contribution in [0.4, 0.5) is 5.69 Å². The quantitative estimate of drug-likeness (QED) is 0.595.